The molecule has 4 saturated carbocycles. The third kappa shape index (κ3) is 4.87. The highest BCUT2D eigenvalue weighted by Gasteiger charge is 2.49. The van der Waals surface area contributed by atoms with Crippen molar-refractivity contribution in [2.45, 2.75) is 42.9 Å². The molecule has 6 rings (SSSR count). The van der Waals surface area contributed by atoms with E-state index in [0.29, 0.717) is 23.0 Å². The van der Waals surface area contributed by atoms with E-state index in [1.807, 2.05) is 6.07 Å². The van der Waals surface area contributed by atoms with E-state index >= 15 is 0 Å². The molecule has 0 saturated heterocycles. The minimum Gasteiger partial charge on any atom is -0.744 e. The Labute approximate surface area is 247 Å². The van der Waals surface area contributed by atoms with Crippen molar-refractivity contribution in [1.29, 1.82) is 0 Å². The lowest BCUT2D eigenvalue weighted by molar-refractivity contribution is -0.00374. The molecular formula is C23H19I4O5S-. The van der Waals surface area contributed by atoms with Crippen molar-refractivity contribution in [3.8, 4) is 5.75 Å². The standard InChI is InChI=1S/C23H20I4O5S/c24-17-9-16(20(25)22(27)21(17)26)23(28)32-14-1-2-18(33(29,30)31)15(8-14)19-12-4-10-3-11(6-12)7-13(19)5-10/h1-2,8-13,19H,3-7H2,(H,29,30,31)/p-1. The van der Waals surface area contributed by atoms with Crippen molar-refractivity contribution in [3.63, 3.8) is 0 Å². The van der Waals surface area contributed by atoms with Gasteiger partial charge in [0.2, 0.25) is 0 Å². The van der Waals surface area contributed by atoms with E-state index in [-0.39, 0.29) is 16.6 Å². The van der Waals surface area contributed by atoms with Gasteiger partial charge in [-0.25, -0.2) is 13.2 Å². The molecule has 0 spiro atoms. The van der Waals surface area contributed by atoms with Gasteiger partial charge in [-0.1, -0.05) is 0 Å². The fourth-order valence-corrected chi connectivity index (χ4v) is 10.4. The first-order chi connectivity index (χ1) is 15.5. The van der Waals surface area contributed by atoms with E-state index in [1.54, 1.807) is 6.07 Å². The Morgan fingerprint density at radius 2 is 1.48 bits per heavy atom. The van der Waals surface area contributed by atoms with E-state index in [4.69, 9.17) is 4.74 Å². The van der Waals surface area contributed by atoms with Crippen LogP contribution in [-0.2, 0) is 10.1 Å². The van der Waals surface area contributed by atoms with Gasteiger partial charge < -0.3 is 9.29 Å². The number of rotatable bonds is 4. The van der Waals surface area contributed by atoms with Crippen LogP contribution in [0.4, 0.5) is 0 Å². The molecule has 2 aromatic rings. The van der Waals surface area contributed by atoms with E-state index in [0.717, 1.165) is 51.8 Å². The van der Waals surface area contributed by atoms with Gasteiger partial charge in [-0.2, -0.15) is 0 Å². The van der Waals surface area contributed by atoms with Gasteiger partial charge in [-0.3, -0.25) is 0 Å². The Morgan fingerprint density at radius 1 is 0.879 bits per heavy atom. The lowest BCUT2D eigenvalue weighted by Gasteiger charge is -2.55. The lowest BCUT2D eigenvalue weighted by atomic mass is 9.51. The number of hydrogen-bond acceptors (Lipinski definition) is 5. The maximum atomic E-state index is 13.0. The van der Waals surface area contributed by atoms with Crippen molar-refractivity contribution < 1.29 is 22.5 Å². The molecule has 0 aliphatic heterocycles. The summed E-state index contributed by atoms with van der Waals surface area (Å²) in [5.41, 5.74) is 1.02. The second-order valence-electron chi connectivity index (χ2n) is 9.35. The predicted molar refractivity (Wildman–Crippen MR) is 156 cm³/mol. The number of carbonyl (C=O) groups is 1. The van der Waals surface area contributed by atoms with Crippen LogP contribution >= 0.6 is 90.4 Å². The van der Waals surface area contributed by atoms with Crippen LogP contribution in [0.2, 0.25) is 0 Å². The molecule has 4 bridgehead atoms. The number of ether oxygens (including phenoxy) is 1. The van der Waals surface area contributed by atoms with Crippen molar-refractivity contribution in [2.24, 2.45) is 23.7 Å². The molecule has 0 atom stereocenters. The Balaban J connectivity index is 1.51. The van der Waals surface area contributed by atoms with Crippen LogP contribution in [0.3, 0.4) is 0 Å². The fraction of sp³-hybridized carbons (Fsp3) is 0.435. The summed E-state index contributed by atoms with van der Waals surface area (Å²) in [5.74, 6) is 2.09. The zero-order valence-electron chi connectivity index (χ0n) is 17.2. The zero-order chi connectivity index (χ0) is 23.7. The maximum Gasteiger partial charge on any atom is 0.344 e. The molecule has 33 heavy (non-hydrogen) atoms. The monoisotopic (exact) mass is 915 g/mol. The van der Waals surface area contributed by atoms with Crippen molar-refractivity contribution >= 4 is 106 Å². The van der Waals surface area contributed by atoms with E-state index < -0.39 is 16.1 Å². The third-order valence-corrected chi connectivity index (χ3v) is 15.5. The first-order valence-electron chi connectivity index (χ1n) is 10.7. The van der Waals surface area contributed by atoms with Gasteiger partial charge in [0, 0.05) is 14.3 Å². The first kappa shape index (κ1) is 25.4. The Morgan fingerprint density at radius 3 is 2.06 bits per heavy atom. The molecule has 0 N–H and O–H groups in total. The van der Waals surface area contributed by atoms with Crippen molar-refractivity contribution in [2.75, 3.05) is 0 Å². The molecule has 2 aromatic carbocycles. The molecule has 4 aliphatic carbocycles. The lowest BCUT2D eigenvalue weighted by Crippen LogP contribution is -2.44. The molecule has 10 heteroatoms. The normalized spacial score (nSPS) is 28.2. The number of hydrogen-bond donors (Lipinski definition) is 0. The second kappa shape index (κ2) is 9.56. The molecule has 5 nitrogen and oxygen atoms in total. The zero-order valence-corrected chi connectivity index (χ0v) is 26.6. The smallest absolute Gasteiger partial charge is 0.344 e. The summed E-state index contributed by atoms with van der Waals surface area (Å²) >= 11 is 8.83. The van der Waals surface area contributed by atoms with Crippen LogP contribution in [-0.4, -0.2) is 18.9 Å². The Hall–Kier alpha value is 0.740. The molecule has 0 heterocycles. The van der Waals surface area contributed by atoms with E-state index in [9.17, 15) is 17.8 Å². The van der Waals surface area contributed by atoms with Gasteiger partial charge in [0.15, 0.2) is 0 Å². The molecule has 0 radical (unpaired) electrons. The Kier molecular flexibility index (Phi) is 7.36. The average molecular weight is 915 g/mol. The summed E-state index contributed by atoms with van der Waals surface area (Å²) in [6.45, 7) is 0. The highest BCUT2D eigenvalue weighted by molar-refractivity contribution is 14.1. The maximum absolute atomic E-state index is 13.0. The quantitative estimate of drug-likeness (QED) is 0.0846. The molecular weight excluding hydrogens is 896 g/mol. The predicted octanol–water partition coefficient (Wildman–Crippen LogP) is 6.77. The van der Waals surface area contributed by atoms with Crippen molar-refractivity contribution in [1.82, 2.24) is 0 Å². The molecule has 0 amide bonds. The van der Waals surface area contributed by atoms with Crippen LogP contribution in [0.5, 0.6) is 5.75 Å². The largest absolute Gasteiger partial charge is 0.744 e. The number of carbonyl (C=O) groups excluding carboxylic acids is 1. The number of halogens is 4. The molecule has 176 valence electrons. The first-order valence-corrected chi connectivity index (χ1v) is 16.4. The molecule has 0 unspecified atom stereocenters. The minimum atomic E-state index is -4.63. The summed E-state index contributed by atoms with van der Waals surface area (Å²) in [5, 5.41) is 0. The molecule has 0 aromatic heterocycles. The van der Waals surface area contributed by atoms with Gasteiger partial charge in [-0.05, 0) is 182 Å². The average Bonchev–Trinajstić information content (AvgIpc) is 2.73. The van der Waals surface area contributed by atoms with Gasteiger partial charge in [0.25, 0.3) is 0 Å². The second-order valence-corrected chi connectivity index (χ2v) is 15.1. The Bertz CT molecular complexity index is 1230. The number of benzene rings is 2. The minimum absolute atomic E-state index is 0.0375. The van der Waals surface area contributed by atoms with E-state index in [1.165, 1.54) is 18.6 Å². The van der Waals surface area contributed by atoms with Crippen molar-refractivity contribution in [3.05, 3.63) is 49.7 Å². The van der Waals surface area contributed by atoms with Gasteiger partial charge >= 0.3 is 5.97 Å². The number of esters is 1. The summed E-state index contributed by atoms with van der Waals surface area (Å²) in [4.78, 5) is 12.9. The molecule has 4 aliphatic rings. The van der Waals surface area contributed by atoms with Crippen LogP contribution in [0.15, 0.2) is 29.2 Å². The SMILES string of the molecule is O=C(Oc1ccc(S(=O)(=O)[O-])c(C2C3CC4CC(C3)CC2C4)c1)c1cc(I)c(I)c(I)c1I. The van der Waals surface area contributed by atoms with Crippen LogP contribution < -0.4 is 4.74 Å². The highest BCUT2D eigenvalue weighted by atomic mass is 127. The summed E-state index contributed by atoms with van der Waals surface area (Å²) < 4.78 is 46.0. The van der Waals surface area contributed by atoms with E-state index in [2.05, 4.69) is 90.4 Å². The van der Waals surface area contributed by atoms with Gasteiger partial charge in [0.1, 0.15) is 15.9 Å². The van der Waals surface area contributed by atoms with Crippen LogP contribution in [0, 0.1) is 38.0 Å². The van der Waals surface area contributed by atoms with Gasteiger partial charge in [0.05, 0.1) is 10.5 Å². The van der Waals surface area contributed by atoms with Crippen LogP contribution in [0.25, 0.3) is 0 Å². The summed E-state index contributed by atoms with van der Waals surface area (Å²) in [6, 6.07) is 6.21. The highest BCUT2D eigenvalue weighted by Crippen LogP contribution is 2.60. The van der Waals surface area contributed by atoms with Crippen LogP contribution in [0.1, 0.15) is 53.9 Å². The summed E-state index contributed by atoms with van der Waals surface area (Å²) in [7, 11) is -4.63. The molecule has 4 fully saturated rings. The van der Waals surface area contributed by atoms with Gasteiger partial charge in [-0.15, -0.1) is 0 Å². The topological polar surface area (TPSA) is 83.5 Å². The summed E-state index contributed by atoms with van der Waals surface area (Å²) in [6.07, 6.45) is 5.67. The fourth-order valence-electron chi connectivity index (χ4n) is 6.39. The third-order valence-electron chi connectivity index (χ3n) is 7.37.